The monoisotopic (exact) mass is 290 g/mol. The zero-order chi connectivity index (χ0) is 13.8. The van der Waals surface area contributed by atoms with E-state index in [1.54, 1.807) is 0 Å². The van der Waals surface area contributed by atoms with Crippen molar-refractivity contribution in [3.8, 4) is 0 Å². The first kappa shape index (κ1) is 18.4. The van der Waals surface area contributed by atoms with E-state index in [1.807, 2.05) is 6.92 Å². The van der Waals surface area contributed by atoms with Crippen LogP contribution in [0.3, 0.4) is 0 Å². The molecule has 3 heteroatoms. The Balaban J connectivity index is 3.19. The van der Waals surface area contributed by atoms with Gasteiger partial charge in [-0.25, -0.2) is 0 Å². The molecule has 0 amide bonds. The molecule has 0 radical (unpaired) electrons. The van der Waals surface area contributed by atoms with Crippen LogP contribution < -0.4 is 0 Å². The normalized spacial score (nSPS) is 14.4. The molecule has 0 aromatic heterocycles. The molecule has 2 unspecified atom stereocenters. The number of unbranched alkanes of at least 4 members (excludes halogenated alkanes) is 5. The van der Waals surface area contributed by atoms with E-state index in [0.29, 0.717) is 5.25 Å². The summed E-state index contributed by atoms with van der Waals surface area (Å²) in [6.07, 6.45) is 12.5. The quantitative estimate of drug-likeness (QED) is 0.368. The van der Waals surface area contributed by atoms with Crippen molar-refractivity contribution < 1.29 is 4.79 Å². The van der Waals surface area contributed by atoms with Gasteiger partial charge in [-0.2, -0.15) is 12.6 Å². The molecule has 0 bridgehead atoms. The molecule has 0 fully saturated rings. The van der Waals surface area contributed by atoms with Crippen LogP contribution in [0.1, 0.15) is 78.1 Å². The minimum atomic E-state index is 0.0331. The molecule has 0 heterocycles. The molecule has 1 nitrogen and oxygen atoms in total. The summed E-state index contributed by atoms with van der Waals surface area (Å²) < 4.78 is 0. The van der Waals surface area contributed by atoms with Crippen molar-refractivity contribution >= 4 is 30.4 Å². The van der Waals surface area contributed by atoms with E-state index < -0.39 is 0 Å². The maximum absolute atomic E-state index is 10.9. The lowest BCUT2D eigenvalue weighted by molar-refractivity contribution is -0.113. The highest BCUT2D eigenvalue weighted by atomic mass is 32.1. The van der Waals surface area contributed by atoms with Gasteiger partial charge in [0.2, 0.25) is 0 Å². The zero-order valence-electron chi connectivity index (χ0n) is 12.0. The number of hydrogen-bond acceptors (Lipinski definition) is 2. The van der Waals surface area contributed by atoms with E-state index in [-0.39, 0.29) is 11.0 Å². The summed E-state index contributed by atoms with van der Waals surface area (Å²) in [5, 5.41) is 0.642. The minimum Gasteiger partial charge on any atom is -0.287 e. The number of rotatable bonds is 12. The summed E-state index contributed by atoms with van der Waals surface area (Å²) in [6, 6.07) is 0. The smallest absolute Gasteiger partial charge is 0.188 e. The summed E-state index contributed by atoms with van der Waals surface area (Å²) in [4.78, 5) is 10.9. The Kier molecular flexibility index (Phi) is 12.7. The second kappa shape index (κ2) is 12.4. The van der Waals surface area contributed by atoms with Gasteiger partial charge in [0.1, 0.15) is 0 Å². The summed E-state index contributed by atoms with van der Waals surface area (Å²) >= 11 is 8.43. The zero-order valence-corrected chi connectivity index (χ0v) is 13.8. The van der Waals surface area contributed by atoms with E-state index in [4.69, 9.17) is 0 Å². The van der Waals surface area contributed by atoms with E-state index in [1.165, 1.54) is 57.8 Å². The Labute approximate surface area is 124 Å². The van der Waals surface area contributed by atoms with Crippen LogP contribution >= 0.6 is 25.3 Å². The third kappa shape index (κ3) is 11.5. The minimum absolute atomic E-state index is 0.0331. The topological polar surface area (TPSA) is 17.1 Å². The molecule has 0 aliphatic carbocycles. The van der Waals surface area contributed by atoms with Gasteiger partial charge in [-0.15, -0.1) is 12.6 Å². The summed E-state index contributed by atoms with van der Waals surface area (Å²) in [6.45, 7) is 4.19. The lowest BCUT2D eigenvalue weighted by atomic mass is 10.0. The first-order valence-corrected chi connectivity index (χ1v) is 8.45. The fourth-order valence-electron chi connectivity index (χ4n) is 2.14. The second-order valence-electron chi connectivity index (χ2n) is 5.38. The lowest BCUT2D eigenvalue weighted by Crippen LogP contribution is -2.03. The Morgan fingerprint density at radius 2 is 1.44 bits per heavy atom. The average Bonchev–Trinajstić information content (AvgIpc) is 2.32. The Morgan fingerprint density at radius 3 is 1.94 bits per heavy atom. The van der Waals surface area contributed by atoms with Gasteiger partial charge in [0.05, 0.1) is 0 Å². The molecule has 0 spiro atoms. The van der Waals surface area contributed by atoms with Gasteiger partial charge in [-0.05, 0) is 19.3 Å². The van der Waals surface area contributed by atoms with Crippen molar-refractivity contribution in [2.24, 2.45) is 5.92 Å². The Bertz CT molecular complexity index is 207. The van der Waals surface area contributed by atoms with E-state index in [9.17, 15) is 4.79 Å². The molecule has 0 aromatic carbocycles. The van der Waals surface area contributed by atoms with Gasteiger partial charge in [0.25, 0.3) is 0 Å². The maximum Gasteiger partial charge on any atom is 0.188 e. The van der Waals surface area contributed by atoms with Crippen LogP contribution in [0, 0.1) is 5.92 Å². The van der Waals surface area contributed by atoms with Crippen LogP contribution in [0.15, 0.2) is 0 Å². The van der Waals surface area contributed by atoms with Gasteiger partial charge in [0.15, 0.2) is 5.12 Å². The van der Waals surface area contributed by atoms with Crippen molar-refractivity contribution in [1.29, 1.82) is 0 Å². The van der Waals surface area contributed by atoms with Gasteiger partial charge >= 0.3 is 0 Å². The first-order valence-electron chi connectivity index (χ1n) is 7.48. The third-order valence-corrected chi connectivity index (χ3v) is 4.43. The van der Waals surface area contributed by atoms with Crippen LogP contribution in [0.2, 0.25) is 0 Å². The molecule has 2 atom stereocenters. The molecule has 0 N–H and O–H groups in total. The second-order valence-corrected chi connectivity index (χ2v) is 6.55. The van der Waals surface area contributed by atoms with E-state index in [0.717, 1.165) is 6.42 Å². The van der Waals surface area contributed by atoms with Crippen LogP contribution in [-0.4, -0.2) is 10.4 Å². The fourth-order valence-corrected chi connectivity index (χ4v) is 2.71. The highest BCUT2D eigenvalue weighted by molar-refractivity contribution is 7.96. The predicted octanol–water partition coefficient (Wildman–Crippen LogP) is 5.30. The molecule has 0 aliphatic heterocycles. The predicted molar refractivity (Wildman–Crippen MR) is 87.8 cm³/mol. The van der Waals surface area contributed by atoms with Gasteiger partial charge < -0.3 is 0 Å². The van der Waals surface area contributed by atoms with Crippen LogP contribution in [0.25, 0.3) is 0 Å². The van der Waals surface area contributed by atoms with Crippen LogP contribution in [0.4, 0.5) is 0 Å². The van der Waals surface area contributed by atoms with Crippen LogP contribution in [0.5, 0.6) is 0 Å². The fraction of sp³-hybridized carbons (Fsp3) is 0.933. The Hall–Kier alpha value is 0.370. The number of carbonyl (C=O) groups is 1. The van der Waals surface area contributed by atoms with Crippen LogP contribution in [-0.2, 0) is 4.79 Å². The lowest BCUT2D eigenvalue weighted by Gasteiger charge is -2.09. The molecular formula is C15H30OS2. The van der Waals surface area contributed by atoms with Gasteiger partial charge in [0, 0.05) is 11.2 Å². The van der Waals surface area contributed by atoms with Crippen molar-refractivity contribution in [2.75, 3.05) is 0 Å². The number of carbonyl (C=O) groups excluding carboxylic acids is 1. The Morgan fingerprint density at radius 1 is 0.944 bits per heavy atom. The number of thiol groups is 2. The molecule has 0 aromatic rings. The molecule has 0 saturated carbocycles. The molecule has 0 saturated heterocycles. The molecule has 0 aliphatic rings. The summed E-state index contributed by atoms with van der Waals surface area (Å²) in [5.74, 6) is 0.132. The largest absolute Gasteiger partial charge is 0.287 e. The third-order valence-electron chi connectivity index (χ3n) is 3.47. The first-order chi connectivity index (χ1) is 8.57. The van der Waals surface area contributed by atoms with Crippen molar-refractivity contribution in [2.45, 2.75) is 83.3 Å². The van der Waals surface area contributed by atoms with Gasteiger partial charge in [-0.3, -0.25) is 4.79 Å². The van der Waals surface area contributed by atoms with Crippen molar-refractivity contribution in [1.82, 2.24) is 0 Å². The van der Waals surface area contributed by atoms with Crippen molar-refractivity contribution in [3.05, 3.63) is 0 Å². The summed E-state index contributed by atoms with van der Waals surface area (Å²) in [7, 11) is 0. The van der Waals surface area contributed by atoms with E-state index >= 15 is 0 Å². The average molecular weight is 291 g/mol. The molecule has 18 heavy (non-hydrogen) atoms. The van der Waals surface area contributed by atoms with Crippen molar-refractivity contribution in [3.63, 3.8) is 0 Å². The maximum atomic E-state index is 10.9. The highest BCUT2D eigenvalue weighted by Gasteiger charge is 2.07. The standard InChI is InChI=1S/C15H30OS2/c1-3-10-14(17)12-9-7-5-4-6-8-11-13(2)15(16)18/h13-14,17H,3-12H2,1-2H3,(H,16,18). The summed E-state index contributed by atoms with van der Waals surface area (Å²) in [5.41, 5.74) is 0. The molecule has 0 rings (SSSR count). The SMILES string of the molecule is CCCC(S)CCCCCCCCC(C)C(=O)S. The molecule has 108 valence electrons. The molecular weight excluding hydrogens is 260 g/mol. The van der Waals surface area contributed by atoms with Gasteiger partial charge in [-0.1, -0.05) is 58.8 Å². The van der Waals surface area contributed by atoms with E-state index in [2.05, 4.69) is 32.2 Å². The number of hydrogen-bond donors (Lipinski definition) is 2. The highest BCUT2D eigenvalue weighted by Crippen LogP contribution is 2.16.